The molecule has 1 fully saturated rings. The summed E-state index contributed by atoms with van der Waals surface area (Å²) in [4.78, 5) is 36.8. The monoisotopic (exact) mass is 276 g/mol. The molecule has 0 saturated carbocycles. The van der Waals surface area contributed by atoms with Crippen molar-refractivity contribution in [1.29, 1.82) is 0 Å². The summed E-state index contributed by atoms with van der Waals surface area (Å²) in [5.41, 5.74) is 0.441. The highest BCUT2D eigenvalue weighted by molar-refractivity contribution is 6.03. The van der Waals surface area contributed by atoms with Crippen LogP contribution in [0.25, 0.3) is 0 Å². The average molecular weight is 276 g/mol. The van der Waals surface area contributed by atoms with E-state index in [0.29, 0.717) is 12.0 Å². The number of rotatable bonds is 4. The van der Waals surface area contributed by atoms with Gasteiger partial charge in [-0.25, -0.2) is 0 Å². The molecule has 1 unspecified atom stereocenters. The quantitative estimate of drug-likeness (QED) is 0.610. The number of phenols is 1. The highest BCUT2D eigenvalue weighted by Gasteiger charge is 2.33. The smallest absolute Gasteiger partial charge is 0.243 e. The van der Waals surface area contributed by atoms with Crippen LogP contribution >= 0.6 is 0 Å². The topological polar surface area (TPSA) is 86.7 Å². The first-order chi connectivity index (χ1) is 9.51. The van der Waals surface area contributed by atoms with E-state index in [1.165, 1.54) is 24.3 Å². The fourth-order valence-electron chi connectivity index (χ4n) is 2.25. The first-order valence-corrected chi connectivity index (χ1v) is 6.41. The fraction of sp³-hybridized carbons (Fsp3) is 0.357. The van der Waals surface area contributed by atoms with Gasteiger partial charge in [-0.05, 0) is 30.7 Å². The molecule has 6 heteroatoms. The fourth-order valence-corrected chi connectivity index (χ4v) is 2.25. The Bertz CT molecular complexity index is 539. The standard InChI is InChI=1S/C14H16N2O4/c1-2-11-14(20)15-13(19)8-16(11)7-12(18)9-3-5-10(17)6-4-9/h3-6,11,17H,2,7-8H2,1H3,(H,15,19,20). The summed E-state index contributed by atoms with van der Waals surface area (Å²) in [5, 5.41) is 11.5. The molecule has 1 aliphatic heterocycles. The van der Waals surface area contributed by atoms with Crippen molar-refractivity contribution in [1.82, 2.24) is 10.2 Å². The second-order valence-corrected chi connectivity index (χ2v) is 4.71. The van der Waals surface area contributed by atoms with E-state index in [4.69, 9.17) is 0 Å². The van der Waals surface area contributed by atoms with Gasteiger partial charge in [0.05, 0.1) is 19.1 Å². The van der Waals surface area contributed by atoms with Crippen molar-refractivity contribution >= 4 is 17.6 Å². The number of phenolic OH excluding ortho intramolecular Hbond substituents is 1. The Morgan fingerprint density at radius 1 is 1.35 bits per heavy atom. The summed E-state index contributed by atoms with van der Waals surface area (Å²) >= 11 is 0. The van der Waals surface area contributed by atoms with Gasteiger partial charge >= 0.3 is 0 Å². The molecule has 2 amide bonds. The number of imide groups is 1. The molecule has 0 bridgehead atoms. The van der Waals surface area contributed by atoms with E-state index < -0.39 is 11.9 Å². The van der Waals surface area contributed by atoms with Crippen LogP contribution in [0.2, 0.25) is 0 Å². The Kier molecular flexibility index (Phi) is 4.14. The van der Waals surface area contributed by atoms with Crippen molar-refractivity contribution in [2.24, 2.45) is 0 Å². The highest BCUT2D eigenvalue weighted by atomic mass is 16.3. The number of nitrogens with zero attached hydrogens (tertiary/aromatic N) is 1. The molecule has 106 valence electrons. The van der Waals surface area contributed by atoms with Gasteiger partial charge in [0.25, 0.3) is 0 Å². The number of carbonyl (C=O) groups is 3. The Morgan fingerprint density at radius 3 is 2.60 bits per heavy atom. The van der Waals surface area contributed by atoms with E-state index in [1.807, 2.05) is 6.92 Å². The average Bonchev–Trinajstić information content (AvgIpc) is 2.39. The summed E-state index contributed by atoms with van der Waals surface area (Å²) < 4.78 is 0. The Hall–Kier alpha value is -2.21. The molecule has 0 aliphatic carbocycles. The van der Waals surface area contributed by atoms with Gasteiger partial charge in [-0.2, -0.15) is 0 Å². The van der Waals surface area contributed by atoms with E-state index in [2.05, 4.69) is 5.32 Å². The van der Waals surface area contributed by atoms with Crippen LogP contribution in [0.5, 0.6) is 5.75 Å². The van der Waals surface area contributed by atoms with Crippen molar-refractivity contribution < 1.29 is 19.5 Å². The predicted molar refractivity (Wildman–Crippen MR) is 71.2 cm³/mol. The van der Waals surface area contributed by atoms with Gasteiger partial charge in [0.2, 0.25) is 11.8 Å². The van der Waals surface area contributed by atoms with Crippen molar-refractivity contribution in [3.8, 4) is 5.75 Å². The summed E-state index contributed by atoms with van der Waals surface area (Å²) in [5.74, 6) is -0.855. The van der Waals surface area contributed by atoms with E-state index >= 15 is 0 Å². The minimum absolute atomic E-state index is 0.00242. The van der Waals surface area contributed by atoms with Crippen LogP contribution in [0.4, 0.5) is 0 Å². The summed E-state index contributed by atoms with van der Waals surface area (Å²) in [6, 6.07) is 5.43. The van der Waals surface area contributed by atoms with Gasteiger partial charge < -0.3 is 5.11 Å². The van der Waals surface area contributed by atoms with Crippen LogP contribution in [0, 0.1) is 0 Å². The predicted octanol–water partition coefficient (Wildman–Crippen LogP) is 0.312. The molecule has 20 heavy (non-hydrogen) atoms. The molecule has 6 nitrogen and oxygen atoms in total. The lowest BCUT2D eigenvalue weighted by atomic mass is 10.1. The second-order valence-electron chi connectivity index (χ2n) is 4.71. The van der Waals surface area contributed by atoms with Crippen molar-refractivity contribution in [3.63, 3.8) is 0 Å². The number of benzene rings is 1. The van der Waals surface area contributed by atoms with Crippen molar-refractivity contribution in [2.45, 2.75) is 19.4 Å². The number of hydrogen-bond acceptors (Lipinski definition) is 5. The lowest BCUT2D eigenvalue weighted by molar-refractivity contribution is -0.139. The second kappa shape index (κ2) is 5.83. The number of ketones is 1. The van der Waals surface area contributed by atoms with Gasteiger partial charge in [0, 0.05) is 5.56 Å². The van der Waals surface area contributed by atoms with Crippen LogP contribution in [-0.4, -0.2) is 46.7 Å². The zero-order valence-electron chi connectivity index (χ0n) is 11.1. The summed E-state index contributed by atoms with van der Waals surface area (Å²) in [6.07, 6.45) is 0.530. The maximum Gasteiger partial charge on any atom is 0.243 e. The van der Waals surface area contributed by atoms with Crippen LogP contribution in [-0.2, 0) is 9.59 Å². The number of hydrogen-bond donors (Lipinski definition) is 2. The Morgan fingerprint density at radius 2 is 2.00 bits per heavy atom. The molecule has 0 spiro atoms. The van der Waals surface area contributed by atoms with Crippen LogP contribution in [0.15, 0.2) is 24.3 Å². The molecular weight excluding hydrogens is 260 g/mol. The molecule has 0 radical (unpaired) electrons. The van der Waals surface area contributed by atoms with Crippen molar-refractivity contribution in [2.75, 3.05) is 13.1 Å². The number of aromatic hydroxyl groups is 1. The molecule has 1 aromatic rings. The zero-order valence-corrected chi connectivity index (χ0v) is 11.1. The largest absolute Gasteiger partial charge is 0.508 e. The number of nitrogens with one attached hydrogen (secondary N) is 1. The van der Waals surface area contributed by atoms with E-state index in [-0.39, 0.29) is 30.5 Å². The minimum atomic E-state index is -0.464. The van der Waals surface area contributed by atoms with Crippen LogP contribution in [0.1, 0.15) is 23.7 Å². The van der Waals surface area contributed by atoms with Crippen molar-refractivity contribution in [3.05, 3.63) is 29.8 Å². The molecule has 1 atom stereocenters. The molecular formula is C14H16N2O4. The van der Waals surface area contributed by atoms with E-state index in [9.17, 15) is 19.5 Å². The van der Waals surface area contributed by atoms with Gasteiger partial charge in [0.1, 0.15) is 5.75 Å². The number of amides is 2. The van der Waals surface area contributed by atoms with E-state index in [1.54, 1.807) is 4.90 Å². The first-order valence-electron chi connectivity index (χ1n) is 6.41. The molecule has 1 aliphatic rings. The lowest BCUT2D eigenvalue weighted by Gasteiger charge is -2.32. The minimum Gasteiger partial charge on any atom is -0.508 e. The number of Topliss-reactive ketones (excluding diaryl/α,β-unsaturated/α-hetero) is 1. The third kappa shape index (κ3) is 3.03. The highest BCUT2D eigenvalue weighted by Crippen LogP contribution is 2.13. The molecule has 1 heterocycles. The van der Waals surface area contributed by atoms with E-state index in [0.717, 1.165) is 0 Å². The summed E-state index contributed by atoms with van der Waals surface area (Å²) in [7, 11) is 0. The number of carbonyl (C=O) groups excluding carboxylic acids is 3. The van der Waals surface area contributed by atoms with Crippen LogP contribution in [0.3, 0.4) is 0 Å². The lowest BCUT2D eigenvalue weighted by Crippen LogP contribution is -2.58. The van der Waals surface area contributed by atoms with Gasteiger partial charge in [-0.15, -0.1) is 0 Å². The molecule has 1 saturated heterocycles. The summed E-state index contributed by atoms with van der Waals surface area (Å²) in [6.45, 7) is 1.87. The maximum absolute atomic E-state index is 12.1. The molecule has 1 aromatic carbocycles. The normalized spacial score (nSPS) is 19.8. The third-order valence-electron chi connectivity index (χ3n) is 3.28. The zero-order chi connectivity index (χ0) is 14.7. The first kappa shape index (κ1) is 14.2. The van der Waals surface area contributed by atoms with Gasteiger partial charge in [0.15, 0.2) is 5.78 Å². The Labute approximate surface area is 116 Å². The Balaban J connectivity index is 2.10. The molecule has 2 N–H and O–H groups in total. The number of piperazine rings is 1. The molecule has 0 aromatic heterocycles. The SMILES string of the molecule is CCC1C(=O)NC(=O)CN1CC(=O)c1ccc(O)cc1. The molecule has 2 rings (SSSR count). The third-order valence-corrected chi connectivity index (χ3v) is 3.28. The van der Waals surface area contributed by atoms with Crippen LogP contribution < -0.4 is 5.32 Å². The van der Waals surface area contributed by atoms with Gasteiger partial charge in [-0.1, -0.05) is 6.92 Å². The van der Waals surface area contributed by atoms with Gasteiger partial charge in [-0.3, -0.25) is 24.6 Å². The maximum atomic E-state index is 12.1.